The number of nitrogens with two attached hydrogens (primary N) is 1. The van der Waals surface area contributed by atoms with Gasteiger partial charge >= 0.3 is 5.97 Å². The maximum Gasteiger partial charge on any atom is 0.330 e. The van der Waals surface area contributed by atoms with E-state index in [0.717, 1.165) is 0 Å². The monoisotopic (exact) mass is 288 g/mol. The molecule has 0 saturated heterocycles. The molecule has 0 fully saturated rings. The lowest BCUT2D eigenvalue weighted by molar-refractivity contribution is -0.138. The summed E-state index contributed by atoms with van der Waals surface area (Å²) in [6.45, 7) is 1.64. The SMILES string of the molecule is Cc1nn(C)c(NC(C(=O)O)c2ccccc2)c1C(N)=O. The first-order valence-electron chi connectivity index (χ1n) is 6.29. The Balaban J connectivity index is 2.44. The van der Waals surface area contributed by atoms with Crippen LogP contribution in [0.3, 0.4) is 0 Å². The molecule has 1 heterocycles. The standard InChI is InChI=1S/C14H16N4O3/c1-8-10(12(15)19)13(18(2)17-8)16-11(14(20)21)9-6-4-3-5-7-9/h3-7,11,16H,1-2H3,(H2,15,19)(H,20,21). The second-order valence-corrected chi connectivity index (χ2v) is 4.62. The molecule has 0 radical (unpaired) electrons. The van der Waals surface area contributed by atoms with E-state index in [1.807, 2.05) is 0 Å². The summed E-state index contributed by atoms with van der Waals surface area (Å²) in [7, 11) is 1.62. The third-order valence-corrected chi connectivity index (χ3v) is 3.13. The maximum absolute atomic E-state index is 11.5. The highest BCUT2D eigenvalue weighted by Crippen LogP contribution is 2.24. The molecule has 21 heavy (non-hydrogen) atoms. The zero-order chi connectivity index (χ0) is 15.6. The molecule has 2 rings (SSSR count). The number of hydrogen-bond donors (Lipinski definition) is 3. The summed E-state index contributed by atoms with van der Waals surface area (Å²) < 4.78 is 1.41. The zero-order valence-electron chi connectivity index (χ0n) is 11.7. The summed E-state index contributed by atoms with van der Waals surface area (Å²) in [6.07, 6.45) is 0. The summed E-state index contributed by atoms with van der Waals surface area (Å²) in [4.78, 5) is 23.0. The molecule has 1 amide bonds. The summed E-state index contributed by atoms with van der Waals surface area (Å²) in [5.74, 6) is -1.42. The van der Waals surface area contributed by atoms with Gasteiger partial charge < -0.3 is 16.2 Å². The summed E-state index contributed by atoms with van der Waals surface area (Å²) in [5, 5.41) is 16.3. The summed E-state index contributed by atoms with van der Waals surface area (Å²) >= 11 is 0. The molecule has 0 aliphatic carbocycles. The molecule has 0 saturated carbocycles. The van der Waals surface area contributed by atoms with Crippen molar-refractivity contribution in [3.05, 3.63) is 47.2 Å². The van der Waals surface area contributed by atoms with Crippen molar-refractivity contribution in [1.29, 1.82) is 0 Å². The van der Waals surface area contributed by atoms with Gasteiger partial charge in [-0.05, 0) is 12.5 Å². The van der Waals surface area contributed by atoms with Crippen LogP contribution in [-0.2, 0) is 11.8 Å². The number of aliphatic carboxylic acids is 1. The second-order valence-electron chi connectivity index (χ2n) is 4.62. The predicted molar refractivity (Wildman–Crippen MR) is 76.9 cm³/mol. The highest BCUT2D eigenvalue weighted by molar-refractivity contribution is 5.99. The van der Waals surface area contributed by atoms with Gasteiger partial charge in [0, 0.05) is 7.05 Å². The number of rotatable bonds is 5. The number of benzene rings is 1. The fourth-order valence-electron chi connectivity index (χ4n) is 2.19. The molecule has 110 valence electrons. The van der Waals surface area contributed by atoms with E-state index >= 15 is 0 Å². The van der Waals surface area contributed by atoms with Crippen molar-refractivity contribution in [1.82, 2.24) is 9.78 Å². The summed E-state index contributed by atoms with van der Waals surface area (Å²) in [6, 6.07) is 7.68. The van der Waals surface area contributed by atoms with Gasteiger partial charge in [0.2, 0.25) is 0 Å². The van der Waals surface area contributed by atoms with Crippen molar-refractivity contribution in [2.75, 3.05) is 5.32 Å². The van der Waals surface area contributed by atoms with Crippen LogP contribution < -0.4 is 11.1 Å². The van der Waals surface area contributed by atoms with Crippen LogP contribution in [0.5, 0.6) is 0 Å². The van der Waals surface area contributed by atoms with E-state index in [1.165, 1.54) is 4.68 Å². The topological polar surface area (TPSA) is 110 Å². The lowest BCUT2D eigenvalue weighted by atomic mass is 10.1. The second kappa shape index (κ2) is 5.66. The Kier molecular flexibility index (Phi) is 3.93. The molecule has 7 heteroatoms. The minimum Gasteiger partial charge on any atom is -0.479 e. The van der Waals surface area contributed by atoms with Gasteiger partial charge in [-0.15, -0.1) is 0 Å². The van der Waals surface area contributed by atoms with Crippen molar-refractivity contribution < 1.29 is 14.7 Å². The van der Waals surface area contributed by atoms with Crippen molar-refractivity contribution in [2.24, 2.45) is 12.8 Å². The third-order valence-electron chi connectivity index (χ3n) is 3.13. The fourth-order valence-corrected chi connectivity index (χ4v) is 2.19. The molecular weight excluding hydrogens is 272 g/mol. The number of carbonyl (C=O) groups is 2. The molecular formula is C14H16N4O3. The van der Waals surface area contributed by atoms with E-state index in [0.29, 0.717) is 11.3 Å². The molecule has 1 atom stereocenters. The van der Waals surface area contributed by atoms with Crippen LogP contribution in [0.4, 0.5) is 5.82 Å². The summed E-state index contributed by atoms with van der Waals surface area (Å²) in [5.41, 5.74) is 6.55. The van der Waals surface area contributed by atoms with Gasteiger partial charge in [0.1, 0.15) is 11.4 Å². The van der Waals surface area contributed by atoms with Crippen molar-refractivity contribution in [3.8, 4) is 0 Å². The van der Waals surface area contributed by atoms with E-state index in [-0.39, 0.29) is 11.4 Å². The molecule has 0 spiro atoms. The minimum atomic E-state index is -1.06. The number of amides is 1. The average molecular weight is 288 g/mol. The molecule has 1 unspecified atom stereocenters. The van der Waals surface area contributed by atoms with E-state index in [9.17, 15) is 14.7 Å². The number of anilines is 1. The van der Waals surface area contributed by atoms with Gasteiger partial charge in [-0.2, -0.15) is 5.10 Å². The first kappa shape index (κ1) is 14.6. The number of aryl methyl sites for hydroxylation is 2. The normalized spacial score (nSPS) is 11.9. The molecule has 7 nitrogen and oxygen atoms in total. The highest BCUT2D eigenvalue weighted by atomic mass is 16.4. The Morgan fingerprint density at radius 1 is 1.33 bits per heavy atom. The third kappa shape index (κ3) is 2.86. The molecule has 0 aliphatic rings. The van der Waals surface area contributed by atoms with Gasteiger partial charge in [-0.1, -0.05) is 30.3 Å². The lowest BCUT2D eigenvalue weighted by Gasteiger charge is -2.17. The quantitative estimate of drug-likeness (QED) is 0.762. The molecule has 2 aromatic rings. The van der Waals surface area contributed by atoms with Crippen LogP contribution in [0, 0.1) is 6.92 Å². The Labute approximate surface area is 121 Å². The first-order chi connectivity index (χ1) is 9.91. The Morgan fingerprint density at radius 3 is 2.48 bits per heavy atom. The predicted octanol–water partition coefficient (Wildman–Crippen LogP) is 1.07. The largest absolute Gasteiger partial charge is 0.479 e. The van der Waals surface area contributed by atoms with Crippen LogP contribution in [0.25, 0.3) is 0 Å². The Bertz CT molecular complexity index is 679. The van der Waals surface area contributed by atoms with Gasteiger partial charge in [0.25, 0.3) is 5.91 Å². The van der Waals surface area contributed by atoms with E-state index in [2.05, 4.69) is 10.4 Å². The van der Waals surface area contributed by atoms with E-state index in [4.69, 9.17) is 5.73 Å². The van der Waals surface area contributed by atoms with E-state index in [1.54, 1.807) is 44.3 Å². The van der Waals surface area contributed by atoms with Gasteiger partial charge in [-0.3, -0.25) is 9.48 Å². The van der Waals surface area contributed by atoms with Crippen LogP contribution in [0.15, 0.2) is 30.3 Å². The Morgan fingerprint density at radius 2 is 1.95 bits per heavy atom. The minimum absolute atomic E-state index is 0.194. The van der Waals surface area contributed by atoms with Crippen molar-refractivity contribution in [3.63, 3.8) is 0 Å². The maximum atomic E-state index is 11.5. The number of aromatic nitrogens is 2. The molecule has 4 N–H and O–H groups in total. The van der Waals surface area contributed by atoms with E-state index < -0.39 is 17.9 Å². The molecule has 1 aromatic heterocycles. The number of carboxylic acids is 1. The zero-order valence-corrected chi connectivity index (χ0v) is 11.7. The molecule has 1 aromatic carbocycles. The molecule has 0 aliphatic heterocycles. The fraction of sp³-hybridized carbons (Fsp3) is 0.214. The number of carboxylic acid groups (broad SMARTS) is 1. The number of nitrogens with zero attached hydrogens (tertiary/aromatic N) is 2. The van der Waals surface area contributed by atoms with Crippen molar-refractivity contribution in [2.45, 2.75) is 13.0 Å². The van der Waals surface area contributed by atoms with Crippen molar-refractivity contribution >= 4 is 17.7 Å². The Hall–Kier alpha value is -2.83. The number of carbonyl (C=O) groups excluding carboxylic acids is 1. The van der Waals surface area contributed by atoms with Gasteiger partial charge in [-0.25, -0.2) is 4.79 Å². The van der Waals surface area contributed by atoms with Gasteiger partial charge in [0.05, 0.1) is 5.69 Å². The lowest BCUT2D eigenvalue weighted by Crippen LogP contribution is -2.24. The van der Waals surface area contributed by atoms with Gasteiger partial charge in [0.15, 0.2) is 6.04 Å². The van der Waals surface area contributed by atoms with Crippen LogP contribution in [0.2, 0.25) is 0 Å². The van der Waals surface area contributed by atoms with Crippen LogP contribution >= 0.6 is 0 Å². The highest BCUT2D eigenvalue weighted by Gasteiger charge is 2.25. The van der Waals surface area contributed by atoms with Crippen LogP contribution in [-0.4, -0.2) is 26.8 Å². The number of primary amides is 1. The number of nitrogens with one attached hydrogen (secondary N) is 1. The van der Waals surface area contributed by atoms with Crippen LogP contribution in [0.1, 0.15) is 27.7 Å². The average Bonchev–Trinajstić information content (AvgIpc) is 2.70. The number of hydrogen-bond acceptors (Lipinski definition) is 4. The first-order valence-corrected chi connectivity index (χ1v) is 6.29. The molecule has 0 bridgehead atoms. The smallest absolute Gasteiger partial charge is 0.330 e.